The standard InChI is InChI=1S/C22H25N3O4/c1-28-17-6-8-18(9-7-17)29-15-5-3-2-4-12-24-19-20(22(27)21(19)26)25-16-10-13-23-14-11-16/h6-11,13-14,24H,2-5,12,15H2,1H3,(H,23,25). The Balaban J connectivity index is 1.31. The third-order valence-electron chi connectivity index (χ3n) is 4.56. The van der Waals surface area contributed by atoms with E-state index in [4.69, 9.17) is 9.47 Å². The highest BCUT2D eigenvalue weighted by Crippen LogP contribution is 2.20. The van der Waals surface area contributed by atoms with Crippen molar-refractivity contribution in [3.05, 3.63) is 69.2 Å². The van der Waals surface area contributed by atoms with Crippen LogP contribution in [0.2, 0.25) is 0 Å². The van der Waals surface area contributed by atoms with Gasteiger partial charge in [0.05, 0.1) is 13.7 Å². The topological polar surface area (TPSA) is 89.6 Å². The van der Waals surface area contributed by atoms with E-state index >= 15 is 0 Å². The second-order valence-electron chi connectivity index (χ2n) is 6.63. The van der Waals surface area contributed by atoms with Crippen molar-refractivity contribution in [1.29, 1.82) is 0 Å². The van der Waals surface area contributed by atoms with Crippen molar-refractivity contribution in [3.8, 4) is 11.5 Å². The van der Waals surface area contributed by atoms with E-state index in [-0.39, 0.29) is 0 Å². The van der Waals surface area contributed by atoms with E-state index in [1.165, 1.54) is 0 Å². The number of rotatable bonds is 12. The molecular weight excluding hydrogens is 370 g/mol. The van der Waals surface area contributed by atoms with Gasteiger partial charge in [0.2, 0.25) is 0 Å². The number of unbranched alkanes of at least 4 members (excludes halogenated alkanes) is 3. The zero-order chi connectivity index (χ0) is 20.5. The molecule has 0 saturated carbocycles. The van der Waals surface area contributed by atoms with Crippen LogP contribution >= 0.6 is 0 Å². The molecule has 3 aromatic rings. The van der Waals surface area contributed by atoms with Crippen LogP contribution in [0.1, 0.15) is 25.7 Å². The minimum Gasteiger partial charge on any atom is -0.497 e. The largest absolute Gasteiger partial charge is 0.497 e. The molecule has 1 heterocycles. The lowest BCUT2D eigenvalue weighted by Crippen LogP contribution is -2.36. The van der Waals surface area contributed by atoms with Gasteiger partial charge in [-0.1, -0.05) is 12.8 Å². The summed E-state index contributed by atoms with van der Waals surface area (Å²) < 4.78 is 10.8. The van der Waals surface area contributed by atoms with E-state index in [1.807, 2.05) is 24.3 Å². The van der Waals surface area contributed by atoms with Crippen LogP contribution in [0.4, 0.5) is 17.1 Å². The molecule has 0 saturated heterocycles. The summed E-state index contributed by atoms with van der Waals surface area (Å²) in [6, 6.07) is 11.0. The van der Waals surface area contributed by atoms with Crippen molar-refractivity contribution in [1.82, 2.24) is 4.98 Å². The van der Waals surface area contributed by atoms with Crippen LogP contribution in [0, 0.1) is 0 Å². The monoisotopic (exact) mass is 395 g/mol. The van der Waals surface area contributed by atoms with Crippen LogP contribution < -0.4 is 31.0 Å². The van der Waals surface area contributed by atoms with Crippen molar-refractivity contribution >= 4 is 17.1 Å². The number of aromatic nitrogens is 1. The Morgan fingerprint density at radius 1 is 0.828 bits per heavy atom. The minimum absolute atomic E-state index is 0.328. The fourth-order valence-electron chi connectivity index (χ4n) is 2.92. The number of nitrogens with zero attached hydrogens (tertiary/aromatic N) is 1. The maximum Gasteiger partial charge on any atom is 0.253 e. The summed E-state index contributed by atoms with van der Waals surface area (Å²) in [5, 5.41) is 6.07. The fourth-order valence-corrected chi connectivity index (χ4v) is 2.92. The van der Waals surface area contributed by atoms with Crippen molar-refractivity contribution < 1.29 is 9.47 Å². The molecule has 7 heteroatoms. The number of anilines is 3. The SMILES string of the molecule is COc1ccc(OCCCCCCNc2c(Nc3ccncc3)c(=O)c2=O)cc1. The molecule has 0 atom stereocenters. The smallest absolute Gasteiger partial charge is 0.253 e. The number of hydrogen-bond donors (Lipinski definition) is 2. The Hall–Kier alpha value is -3.35. The first-order chi connectivity index (χ1) is 14.2. The number of pyridine rings is 1. The molecule has 2 aromatic carbocycles. The molecule has 0 unspecified atom stereocenters. The molecular formula is C22H25N3O4. The van der Waals surface area contributed by atoms with E-state index in [0.29, 0.717) is 24.5 Å². The Morgan fingerprint density at radius 3 is 2.21 bits per heavy atom. The van der Waals surface area contributed by atoms with E-state index in [9.17, 15) is 9.59 Å². The molecule has 0 fully saturated rings. The average molecular weight is 395 g/mol. The predicted octanol–water partition coefficient (Wildman–Crippen LogP) is 3.48. The lowest BCUT2D eigenvalue weighted by molar-refractivity contribution is 0.304. The van der Waals surface area contributed by atoms with Gasteiger partial charge in [-0.15, -0.1) is 0 Å². The summed E-state index contributed by atoms with van der Waals surface area (Å²) >= 11 is 0. The predicted molar refractivity (Wildman–Crippen MR) is 114 cm³/mol. The van der Waals surface area contributed by atoms with Crippen LogP contribution in [0.15, 0.2) is 58.4 Å². The molecule has 0 spiro atoms. The molecule has 152 valence electrons. The summed E-state index contributed by atoms with van der Waals surface area (Å²) in [4.78, 5) is 27.5. The summed E-state index contributed by atoms with van der Waals surface area (Å²) in [7, 11) is 1.64. The first kappa shape index (κ1) is 20.4. The molecule has 0 aliphatic rings. The third-order valence-corrected chi connectivity index (χ3v) is 4.56. The third kappa shape index (κ3) is 5.57. The maximum atomic E-state index is 11.8. The van der Waals surface area contributed by atoms with Crippen molar-refractivity contribution in [2.24, 2.45) is 0 Å². The summed E-state index contributed by atoms with van der Waals surface area (Å²) in [6.45, 7) is 1.31. The molecule has 0 aliphatic carbocycles. The number of nitrogens with one attached hydrogen (secondary N) is 2. The van der Waals surface area contributed by atoms with E-state index < -0.39 is 10.9 Å². The second-order valence-corrected chi connectivity index (χ2v) is 6.63. The van der Waals surface area contributed by atoms with Crippen LogP contribution in [0.3, 0.4) is 0 Å². The van der Waals surface area contributed by atoms with Gasteiger partial charge in [-0.3, -0.25) is 14.6 Å². The van der Waals surface area contributed by atoms with Crippen LogP contribution in [0.5, 0.6) is 11.5 Å². The summed E-state index contributed by atoms with van der Waals surface area (Å²) in [5.74, 6) is 1.65. The minimum atomic E-state index is -0.486. The summed E-state index contributed by atoms with van der Waals surface area (Å²) in [6.07, 6.45) is 7.17. The Labute approximate surface area is 169 Å². The maximum absolute atomic E-state index is 11.8. The molecule has 3 rings (SSSR count). The number of methoxy groups -OCH3 is 1. The number of ether oxygens (including phenoxy) is 2. The highest BCUT2D eigenvalue weighted by molar-refractivity contribution is 5.78. The van der Waals surface area contributed by atoms with Gasteiger partial charge in [0, 0.05) is 24.6 Å². The quantitative estimate of drug-likeness (QED) is 0.358. The van der Waals surface area contributed by atoms with Crippen molar-refractivity contribution in [2.75, 3.05) is 30.9 Å². The molecule has 0 bridgehead atoms. The lowest BCUT2D eigenvalue weighted by atomic mass is 10.1. The van der Waals surface area contributed by atoms with Gasteiger partial charge in [-0.2, -0.15) is 0 Å². The van der Waals surface area contributed by atoms with Gasteiger partial charge in [0.1, 0.15) is 22.9 Å². The van der Waals surface area contributed by atoms with Gasteiger partial charge in [-0.05, 0) is 49.2 Å². The molecule has 1 aromatic heterocycles. The average Bonchev–Trinajstić information content (AvgIpc) is 2.77. The molecule has 29 heavy (non-hydrogen) atoms. The Bertz CT molecular complexity index is 964. The van der Waals surface area contributed by atoms with Crippen LogP contribution in [0.25, 0.3) is 0 Å². The normalized spacial score (nSPS) is 10.7. The van der Waals surface area contributed by atoms with Crippen molar-refractivity contribution in [2.45, 2.75) is 25.7 Å². The second kappa shape index (κ2) is 10.3. The van der Waals surface area contributed by atoms with Gasteiger partial charge in [0.15, 0.2) is 0 Å². The first-order valence-corrected chi connectivity index (χ1v) is 9.70. The van der Waals surface area contributed by atoms with Gasteiger partial charge in [-0.25, -0.2) is 0 Å². The Morgan fingerprint density at radius 2 is 1.48 bits per heavy atom. The van der Waals surface area contributed by atoms with Crippen molar-refractivity contribution in [3.63, 3.8) is 0 Å². The highest BCUT2D eigenvalue weighted by Gasteiger charge is 2.20. The van der Waals surface area contributed by atoms with Crippen LogP contribution in [-0.4, -0.2) is 25.2 Å². The number of benzene rings is 1. The van der Waals surface area contributed by atoms with E-state index in [2.05, 4.69) is 15.6 Å². The molecule has 7 nitrogen and oxygen atoms in total. The molecule has 0 radical (unpaired) electrons. The Kier molecular flexibility index (Phi) is 7.22. The zero-order valence-corrected chi connectivity index (χ0v) is 16.4. The van der Waals surface area contributed by atoms with Gasteiger partial charge >= 0.3 is 0 Å². The fraction of sp³-hybridized carbons (Fsp3) is 0.318. The first-order valence-electron chi connectivity index (χ1n) is 9.70. The van der Waals surface area contributed by atoms with Crippen LogP contribution in [-0.2, 0) is 0 Å². The van der Waals surface area contributed by atoms with Gasteiger partial charge < -0.3 is 20.1 Å². The van der Waals surface area contributed by atoms with Gasteiger partial charge in [0.25, 0.3) is 10.9 Å². The molecule has 0 amide bonds. The highest BCUT2D eigenvalue weighted by atomic mass is 16.5. The molecule has 0 aliphatic heterocycles. The lowest BCUT2D eigenvalue weighted by Gasteiger charge is -2.14. The van der Waals surface area contributed by atoms with E-state index in [0.717, 1.165) is 42.9 Å². The van der Waals surface area contributed by atoms with E-state index in [1.54, 1.807) is 31.6 Å². The number of hydrogen-bond acceptors (Lipinski definition) is 7. The molecule has 2 N–H and O–H groups in total. The summed E-state index contributed by atoms with van der Waals surface area (Å²) in [5.41, 5.74) is 0.477. The zero-order valence-electron chi connectivity index (χ0n) is 16.4.